The third-order valence-corrected chi connectivity index (χ3v) is 3.41. The molecule has 1 fully saturated rings. The highest BCUT2D eigenvalue weighted by Crippen LogP contribution is 2.23. The van der Waals surface area contributed by atoms with Crippen molar-refractivity contribution in [2.75, 3.05) is 13.1 Å². The SMILES string of the molecule is O=C(O)N1CC[C@@H](n2c(=O)[nH]c3cnc(Cl)nc32)C1. The van der Waals surface area contributed by atoms with Gasteiger partial charge in [-0.05, 0) is 18.0 Å². The summed E-state index contributed by atoms with van der Waals surface area (Å²) in [5, 5.41) is 8.99. The minimum atomic E-state index is -0.983. The van der Waals surface area contributed by atoms with Crippen LogP contribution in [0.15, 0.2) is 11.0 Å². The molecule has 2 N–H and O–H groups in total. The van der Waals surface area contributed by atoms with Crippen LogP contribution >= 0.6 is 11.6 Å². The van der Waals surface area contributed by atoms with E-state index < -0.39 is 6.09 Å². The van der Waals surface area contributed by atoms with E-state index in [0.29, 0.717) is 24.1 Å². The number of aromatic amines is 1. The van der Waals surface area contributed by atoms with Crippen molar-refractivity contribution in [1.29, 1.82) is 0 Å². The molecular weight excluding hydrogens is 274 g/mol. The molecule has 1 aliphatic rings. The van der Waals surface area contributed by atoms with Crippen LogP contribution in [0.4, 0.5) is 4.79 Å². The van der Waals surface area contributed by atoms with Crippen LogP contribution in [0.3, 0.4) is 0 Å². The molecule has 1 saturated heterocycles. The molecule has 19 heavy (non-hydrogen) atoms. The molecule has 0 aromatic carbocycles. The van der Waals surface area contributed by atoms with Gasteiger partial charge < -0.3 is 15.0 Å². The fourth-order valence-electron chi connectivity index (χ4n) is 2.36. The molecule has 0 aliphatic carbocycles. The molecule has 3 heterocycles. The number of H-pyrrole nitrogens is 1. The lowest BCUT2D eigenvalue weighted by Crippen LogP contribution is -2.29. The zero-order valence-corrected chi connectivity index (χ0v) is 10.5. The average molecular weight is 284 g/mol. The number of halogens is 1. The molecule has 0 radical (unpaired) electrons. The molecule has 0 unspecified atom stereocenters. The first-order valence-electron chi connectivity index (χ1n) is 5.67. The standard InChI is InChI=1S/C10H10ClN5O3/c11-8-12-3-6-7(14-8)16(9(17)13-6)5-1-2-15(4-5)10(18)19/h3,5H,1-2,4H2,(H,13,17)(H,18,19)/t5-/m1/s1. The summed E-state index contributed by atoms with van der Waals surface area (Å²) in [6, 6.07) is -0.233. The van der Waals surface area contributed by atoms with E-state index in [9.17, 15) is 9.59 Å². The van der Waals surface area contributed by atoms with E-state index in [2.05, 4.69) is 15.0 Å². The Balaban J connectivity index is 2.06. The highest BCUT2D eigenvalue weighted by molar-refractivity contribution is 6.28. The van der Waals surface area contributed by atoms with E-state index >= 15 is 0 Å². The van der Waals surface area contributed by atoms with E-state index in [1.54, 1.807) is 0 Å². The molecule has 1 atom stereocenters. The normalized spacial score (nSPS) is 19.2. The summed E-state index contributed by atoms with van der Waals surface area (Å²) in [4.78, 5) is 34.6. The first kappa shape index (κ1) is 12.0. The van der Waals surface area contributed by atoms with Crippen molar-refractivity contribution >= 4 is 28.9 Å². The number of nitrogens with one attached hydrogen (secondary N) is 1. The minimum Gasteiger partial charge on any atom is -0.465 e. The Morgan fingerprint density at radius 1 is 1.58 bits per heavy atom. The summed E-state index contributed by atoms with van der Waals surface area (Å²) in [6.07, 6.45) is 1.02. The van der Waals surface area contributed by atoms with E-state index in [-0.39, 0.29) is 23.6 Å². The Labute approximate surface area is 111 Å². The number of rotatable bonds is 1. The maximum atomic E-state index is 11.9. The van der Waals surface area contributed by atoms with Gasteiger partial charge in [-0.25, -0.2) is 14.6 Å². The molecule has 2 aromatic rings. The molecule has 1 amide bonds. The number of imidazole rings is 1. The lowest BCUT2D eigenvalue weighted by molar-refractivity contribution is 0.154. The second-order valence-corrected chi connectivity index (χ2v) is 4.69. The lowest BCUT2D eigenvalue weighted by Gasteiger charge is -2.13. The van der Waals surface area contributed by atoms with Crippen molar-refractivity contribution in [3.63, 3.8) is 0 Å². The summed E-state index contributed by atoms with van der Waals surface area (Å²) < 4.78 is 1.45. The number of carboxylic acid groups (broad SMARTS) is 1. The number of nitrogens with zero attached hydrogens (tertiary/aromatic N) is 4. The Morgan fingerprint density at radius 3 is 3.05 bits per heavy atom. The van der Waals surface area contributed by atoms with Crippen LogP contribution < -0.4 is 5.69 Å². The van der Waals surface area contributed by atoms with E-state index in [1.165, 1.54) is 15.7 Å². The molecule has 1 aliphatic heterocycles. The maximum absolute atomic E-state index is 11.9. The minimum absolute atomic E-state index is 0.0494. The number of hydrogen-bond acceptors (Lipinski definition) is 4. The molecule has 2 aromatic heterocycles. The molecular formula is C10H10ClN5O3. The number of aromatic nitrogens is 4. The summed E-state index contributed by atoms with van der Waals surface area (Å²) in [7, 11) is 0. The summed E-state index contributed by atoms with van der Waals surface area (Å²) in [6.45, 7) is 0.668. The Kier molecular flexibility index (Phi) is 2.67. The average Bonchev–Trinajstić information content (AvgIpc) is 2.92. The molecule has 0 bridgehead atoms. The van der Waals surface area contributed by atoms with E-state index in [4.69, 9.17) is 16.7 Å². The first-order chi connectivity index (χ1) is 9.06. The van der Waals surface area contributed by atoms with Crippen LogP contribution in [0.1, 0.15) is 12.5 Å². The Hall–Kier alpha value is -2.09. The van der Waals surface area contributed by atoms with Crippen LogP contribution in [-0.4, -0.2) is 48.7 Å². The van der Waals surface area contributed by atoms with Crippen molar-refractivity contribution in [3.8, 4) is 0 Å². The van der Waals surface area contributed by atoms with E-state index in [1.807, 2.05) is 0 Å². The van der Waals surface area contributed by atoms with Gasteiger partial charge in [0.25, 0.3) is 0 Å². The second kappa shape index (κ2) is 4.23. The van der Waals surface area contributed by atoms with Gasteiger partial charge in [-0.3, -0.25) is 4.57 Å². The van der Waals surface area contributed by atoms with Gasteiger partial charge in [0.2, 0.25) is 5.28 Å². The quantitative estimate of drug-likeness (QED) is 0.750. The van der Waals surface area contributed by atoms with Gasteiger partial charge >= 0.3 is 11.8 Å². The van der Waals surface area contributed by atoms with Crippen molar-refractivity contribution in [2.45, 2.75) is 12.5 Å². The fourth-order valence-corrected chi connectivity index (χ4v) is 2.49. The maximum Gasteiger partial charge on any atom is 0.407 e. The summed E-state index contributed by atoms with van der Waals surface area (Å²) in [5.74, 6) is 0. The zero-order chi connectivity index (χ0) is 13.6. The van der Waals surface area contributed by atoms with Gasteiger partial charge in [-0.1, -0.05) is 0 Å². The van der Waals surface area contributed by atoms with Gasteiger partial charge in [0.15, 0.2) is 5.65 Å². The number of likely N-dealkylation sites (tertiary alicyclic amines) is 1. The van der Waals surface area contributed by atoms with Gasteiger partial charge in [0.05, 0.1) is 12.2 Å². The topological polar surface area (TPSA) is 104 Å². The third kappa shape index (κ3) is 1.93. The van der Waals surface area contributed by atoms with Crippen molar-refractivity contribution < 1.29 is 9.90 Å². The molecule has 100 valence electrons. The molecule has 0 saturated carbocycles. The summed E-state index contributed by atoms with van der Waals surface area (Å²) in [5.41, 5.74) is 0.564. The van der Waals surface area contributed by atoms with Crippen LogP contribution in [0.25, 0.3) is 11.2 Å². The second-order valence-electron chi connectivity index (χ2n) is 4.35. The number of fused-ring (bicyclic) bond motifs is 1. The van der Waals surface area contributed by atoms with Crippen LogP contribution in [0.5, 0.6) is 0 Å². The third-order valence-electron chi connectivity index (χ3n) is 3.23. The van der Waals surface area contributed by atoms with Crippen molar-refractivity contribution in [1.82, 2.24) is 24.4 Å². The Morgan fingerprint density at radius 2 is 2.37 bits per heavy atom. The lowest BCUT2D eigenvalue weighted by atomic mass is 10.2. The molecule has 0 spiro atoms. The highest BCUT2D eigenvalue weighted by atomic mass is 35.5. The fraction of sp³-hybridized carbons (Fsp3) is 0.400. The zero-order valence-electron chi connectivity index (χ0n) is 9.71. The number of amides is 1. The van der Waals surface area contributed by atoms with Crippen LogP contribution in [0.2, 0.25) is 5.28 Å². The number of hydrogen-bond donors (Lipinski definition) is 2. The van der Waals surface area contributed by atoms with Gasteiger partial charge in [-0.15, -0.1) is 0 Å². The molecule has 3 rings (SSSR count). The predicted molar refractivity (Wildman–Crippen MR) is 66.4 cm³/mol. The van der Waals surface area contributed by atoms with Crippen LogP contribution in [-0.2, 0) is 0 Å². The van der Waals surface area contributed by atoms with Crippen molar-refractivity contribution in [2.24, 2.45) is 0 Å². The van der Waals surface area contributed by atoms with Crippen LogP contribution in [0, 0.1) is 0 Å². The van der Waals surface area contributed by atoms with Gasteiger partial charge in [-0.2, -0.15) is 4.98 Å². The predicted octanol–water partition coefficient (Wildman–Crippen LogP) is 0.698. The molecule has 9 heteroatoms. The Bertz CT molecular complexity index is 709. The smallest absolute Gasteiger partial charge is 0.407 e. The monoisotopic (exact) mass is 283 g/mol. The van der Waals surface area contributed by atoms with Gasteiger partial charge in [0.1, 0.15) is 5.52 Å². The van der Waals surface area contributed by atoms with Crippen molar-refractivity contribution in [3.05, 3.63) is 22.0 Å². The first-order valence-corrected chi connectivity index (χ1v) is 6.04. The highest BCUT2D eigenvalue weighted by Gasteiger charge is 2.29. The number of carbonyl (C=O) groups is 1. The molecule has 8 nitrogen and oxygen atoms in total. The largest absolute Gasteiger partial charge is 0.465 e. The summed E-state index contributed by atoms with van der Waals surface area (Å²) >= 11 is 5.73. The van der Waals surface area contributed by atoms with E-state index in [0.717, 1.165) is 0 Å². The van der Waals surface area contributed by atoms with Gasteiger partial charge in [0, 0.05) is 13.1 Å².